The Hall–Kier alpha value is 0.240. The summed E-state index contributed by atoms with van der Waals surface area (Å²) in [5, 5.41) is 11.0. The topological polar surface area (TPSA) is 104 Å². The van der Waals surface area contributed by atoms with Crippen LogP contribution in [0, 0.1) is 50.7 Å². The molecular formula is C30H47NaO6S. The number of hydrogen-bond acceptors (Lipinski definition) is 6. The first-order valence-electron chi connectivity index (χ1n) is 14.5. The molecule has 0 aromatic carbocycles. The number of rotatable bonds is 7. The molecule has 8 heteroatoms. The van der Waals surface area contributed by atoms with Crippen LogP contribution >= 0.6 is 0 Å². The Morgan fingerprint density at radius 3 is 2.26 bits per heavy atom. The molecule has 0 saturated heterocycles. The van der Waals surface area contributed by atoms with Gasteiger partial charge < -0.3 is 9.66 Å². The van der Waals surface area contributed by atoms with Gasteiger partial charge in [-0.15, -0.1) is 0 Å². The molecule has 0 amide bonds. The van der Waals surface area contributed by atoms with Crippen LogP contribution in [0.3, 0.4) is 0 Å². The van der Waals surface area contributed by atoms with Crippen LogP contribution in [0.4, 0.5) is 0 Å². The smallest absolute Gasteiger partial charge is 0.726 e. The zero-order chi connectivity index (χ0) is 27.2. The average molecular weight is 559 g/mol. The van der Waals surface area contributed by atoms with Crippen LogP contribution in [-0.2, 0) is 19.4 Å². The molecule has 0 aromatic rings. The van der Waals surface area contributed by atoms with Crippen molar-refractivity contribution in [3.05, 3.63) is 11.6 Å². The number of fused-ring (bicyclic) bond motifs is 2. The van der Waals surface area contributed by atoms with Gasteiger partial charge in [-0.2, -0.15) is 0 Å². The summed E-state index contributed by atoms with van der Waals surface area (Å²) >= 11 is 0. The van der Waals surface area contributed by atoms with Gasteiger partial charge in [-0.3, -0.25) is 8.98 Å². The maximum absolute atomic E-state index is 12.6. The van der Waals surface area contributed by atoms with E-state index in [2.05, 4.69) is 20.8 Å². The fourth-order valence-corrected chi connectivity index (χ4v) is 11.8. The van der Waals surface area contributed by atoms with Crippen molar-refractivity contribution >= 4 is 16.2 Å². The Morgan fingerprint density at radius 2 is 1.63 bits per heavy atom. The van der Waals surface area contributed by atoms with Crippen molar-refractivity contribution in [1.82, 2.24) is 0 Å². The van der Waals surface area contributed by atoms with Crippen molar-refractivity contribution in [3.63, 3.8) is 0 Å². The first-order valence-corrected chi connectivity index (χ1v) is 15.8. The van der Waals surface area contributed by atoms with Crippen LogP contribution in [0.1, 0.15) is 106 Å². The third-order valence-electron chi connectivity index (χ3n) is 13.1. The molecule has 0 aromatic heterocycles. The van der Waals surface area contributed by atoms with E-state index in [0.717, 1.165) is 31.3 Å². The Bertz CT molecular complexity index is 1100. The van der Waals surface area contributed by atoms with Crippen molar-refractivity contribution in [2.24, 2.45) is 50.7 Å². The molecule has 5 saturated carbocycles. The number of carbonyl (C=O) groups excluding carboxylic acids is 1. The Kier molecular flexibility index (Phi) is 8.13. The third kappa shape index (κ3) is 4.39. The molecule has 0 heterocycles. The predicted octanol–water partition coefficient (Wildman–Crippen LogP) is 2.81. The minimum atomic E-state index is -4.80. The molecule has 2 spiro atoms. The van der Waals surface area contributed by atoms with Crippen molar-refractivity contribution < 1.29 is 56.6 Å². The van der Waals surface area contributed by atoms with Gasteiger partial charge in [-0.1, -0.05) is 33.3 Å². The molecular weight excluding hydrogens is 511 g/mol. The SMILES string of the molecule is CC(C)=CC(=O)C[C@@H](C)[C@H]1CC[C@@]2(C)[C@@H]3CC[C@H]4[C@](C)(COS(=O)(=O)[O-])[C@@H](O)CC[C@@]45C[C@@]35CC[C@]12C.[Na+]. The van der Waals surface area contributed by atoms with E-state index >= 15 is 0 Å². The van der Waals surface area contributed by atoms with E-state index in [-0.39, 0.29) is 69.5 Å². The van der Waals surface area contributed by atoms with E-state index in [1.165, 1.54) is 25.7 Å². The van der Waals surface area contributed by atoms with Crippen molar-refractivity contribution in [2.45, 2.75) is 112 Å². The molecule has 5 aliphatic rings. The van der Waals surface area contributed by atoms with Gasteiger partial charge in [0.25, 0.3) is 0 Å². The summed E-state index contributed by atoms with van der Waals surface area (Å²) in [5.74, 6) is 1.96. The number of aliphatic hydroxyl groups excluding tert-OH is 1. The van der Waals surface area contributed by atoms with Crippen LogP contribution in [-0.4, -0.2) is 36.6 Å². The minimum absolute atomic E-state index is 0. The van der Waals surface area contributed by atoms with E-state index in [0.29, 0.717) is 30.6 Å². The van der Waals surface area contributed by atoms with E-state index in [4.69, 9.17) is 4.18 Å². The monoisotopic (exact) mass is 558 g/mol. The number of ketones is 1. The minimum Gasteiger partial charge on any atom is -0.726 e. The van der Waals surface area contributed by atoms with Gasteiger partial charge in [0, 0.05) is 11.8 Å². The number of hydrogen-bond donors (Lipinski definition) is 1. The normalized spacial score (nSPS) is 47.9. The first kappa shape index (κ1) is 31.2. The molecule has 1 N–H and O–H groups in total. The Morgan fingerprint density at radius 1 is 1.00 bits per heavy atom. The zero-order valence-electron chi connectivity index (χ0n) is 24.6. The second-order valence-corrected chi connectivity index (χ2v) is 15.8. The summed E-state index contributed by atoms with van der Waals surface area (Å²) in [6, 6.07) is 0. The molecule has 38 heavy (non-hydrogen) atoms. The molecule has 210 valence electrons. The summed E-state index contributed by atoms with van der Waals surface area (Å²) in [7, 11) is -4.80. The van der Waals surface area contributed by atoms with Gasteiger partial charge >= 0.3 is 29.6 Å². The predicted molar refractivity (Wildman–Crippen MR) is 141 cm³/mol. The quantitative estimate of drug-likeness (QED) is 0.223. The van der Waals surface area contributed by atoms with Crippen LogP contribution in [0.2, 0.25) is 0 Å². The average Bonchev–Trinajstić information content (AvgIpc) is 3.36. The van der Waals surface area contributed by atoms with E-state index in [1.54, 1.807) is 6.08 Å². The second kappa shape index (κ2) is 9.91. The number of carbonyl (C=O) groups is 1. The van der Waals surface area contributed by atoms with Crippen molar-refractivity contribution in [3.8, 4) is 0 Å². The summed E-state index contributed by atoms with van der Waals surface area (Å²) < 4.78 is 38.8. The molecule has 10 atom stereocenters. The fraction of sp³-hybridized carbons (Fsp3) is 0.900. The summed E-state index contributed by atoms with van der Waals surface area (Å²) in [5.41, 5.74) is 1.15. The molecule has 0 bridgehead atoms. The number of aliphatic hydroxyl groups is 1. The standard InChI is InChI=1S/C30H48O6S.Na/c1-19(2)15-21(31)16-20(3)22-9-11-28(6)24-8-7-23-26(4,18-36-37(33,34)35)25(32)10-12-29(23)17-30(24,29)14-13-27(22,28)5;/h15,20,22-25,32H,7-14,16-18H2,1-6H3,(H,33,34,35);/q;+1/p-1/t20-,22-,23+,24+,25+,26+,27-,28+,29-,30+;/m1./s1. The van der Waals surface area contributed by atoms with Gasteiger partial charge in [0.1, 0.15) is 0 Å². The van der Waals surface area contributed by atoms with E-state index < -0.39 is 21.9 Å². The molecule has 5 fully saturated rings. The summed E-state index contributed by atoms with van der Waals surface area (Å²) in [6.45, 7) is 13.0. The van der Waals surface area contributed by atoms with Gasteiger partial charge in [-0.05, 0) is 123 Å². The molecule has 5 aliphatic carbocycles. The van der Waals surface area contributed by atoms with E-state index in [1.807, 2.05) is 20.8 Å². The second-order valence-electron chi connectivity index (χ2n) is 14.8. The fourth-order valence-electron chi connectivity index (χ4n) is 11.4. The van der Waals surface area contributed by atoms with E-state index in [9.17, 15) is 22.9 Å². The molecule has 0 radical (unpaired) electrons. The van der Waals surface area contributed by atoms with Gasteiger partial charge in [-0.25, -0.2) is 8.42 Å². The van der Waals surface area contributed by atoms with Crippen LogP contribution < -0.4 is 29.6 Å². The van der Waals surface area contributed by atoms with Gasteiger partial charge in [0.2, 0.25) is 10.4 Å². The Balaban J connectivity index is 0.00000336. The van der Waals surface area contributed by atoms with Gasteiger partial charge in [0.15, 0.2) is 5.78 Å². The van der Waals surface area contributed by atoms with Gasteiger partial charge in [0.05, 0.1) is 12.7 Å². The largest absolute Gasteiger partial charge is 1.00 e. The zero-order valence-corrected chi connectivity index (χ0v) is 27.5. The summed E-state index contributed by atoms with van der Waals surface area (Å²) in [4.78, 5) is 12.6. The maximum Gasteiger partial charge on any atom is 1.00 e. The molecule has 6 nitrogen and oxygen atoms in total. The summed E-state index contributed by atoms with van der Waals surface area (Å²) in [6.07, 6.45) is 11.3. The molecule has 5 rings (SSSR count). The maximum atomic E-state index is 12.6. The van der Waals surface area contributed by atoms with Crippen LogP contribution in [0.15, 0.2) is 11.6 Å². The first-order chi connectivity index (χ1) is 17.0. The van der Waals surface area contributed by atoms with Crippen molar-refractivity contribution in [1.29, 1.82) is 0 Å². The molecule has 0 aliphatic heterocycles. The number of allylic oxidation sites excluding steroid dienone is 2. The Labute approximate surface area is 252 Å². The van der Waals surface area contributed by atoms with Crippen LogP contribution in [0.5, 0.6) is 0 Å². The van der Waals surface area contributed by atoms with Crippen LogP contribution in [0.25, 0.3) is 0 Å². The third-order valence-corrected chi connectivity index (χ3v) is 13.5. The van der Waals surface area contributed by atoms with Crippen molar-refractivity contribution in [2.75, 3.05) is 6.61 Å². The molecule has 0 unspecified atom stereocenters.